The molecule has 0 saturated heterocycles. The molecule has 86 valence electrons. The monoisotopic (exact) mass is 245 g/mol. The van der Waals surface area contributed by atoms with E-state index in [0.717, 1.165) is 16.5 Å². The molecule has 0 amide bonds. The third-order valence-corrected chi connectivity index (χ3v) is 3.21. The van der Waals surface area contributed by atoms with E-state index >= 15 is 0 Å². The number of aromatic nitrogens is 2. The van der Waals surface area contributed by atoms with Gasteiger partial charge < -0.3 is 9.72 Å². The minimum absolute atomic E-state index is 0.555. The van der Waals surface area contributed by atoms with Gasteiger partial charge in [-0.25, -0.2) is 4.98 Å². The summed E-state index contributed by atoms with van der Waals surface area (Å²) in [4.78, 5) is 7.16. The van der Waals surface area contributed by atoms with Crippen molar-refractivity contribution in [3.63, 3.8) is 0 Å². The number of hydrogen-bond acceptors (Lipinski definition) is 4. The normalized spacial score (nSPS) is 9.88. The number of hydrogen-bond donors (Lipinski definition) is 1. The van der Waals surface area contributed by atoms with Gasteiger partial charge in [-0.2, -0.15) is 5.26 Å². The van der Waals surface area contributed by atoms with Gasteiger partial charge in [0.2, 0.25) is 0 Å². The molecule has 1 aromatic heterocycles. The molecule has 17 heavy (non-hydrogen) atoms. The first-order chi connectivity index (χ1) is 8.33. The van der Waals surface area contributed by atoms with Gasteiger partial charge in [0.05, 0.1) is 12.7 Å². The van der Waals surface area contributed by atoms with Crippen LogP contribution in [0, 0.1) is 11.3 Å². The van der Waals surface area contributed by atoms with E-state index in [9.17, 15) is 0 Å². The minimum atomic E-state index is 0.555. The molecule has 2 aromatic rings. The number of nitrogens with one attached hydrogen (secondary N) is 1. The van der Waals surface area contributed by atoms with Crippen LogP contribution in [0.4, 0.5) is 0 Å². The maximum atomic E-state index is 8.87. The van der Waals surface area contributed by atoms with E-state index in [2.05, 4.69) is 16.0 Å². The smallest absolute Gasteiger partial charge is 0.165 e. The van der Waals surface area contributed by atoms with Crippen LogP contribution in [0.25, 0.3) is 0 Å². The summed E-state index contributed by atoms with van der Waals surface area (Å²) in [5.74, 6) is 1.40. The lowest BCUT2D eigenvalue weighted by Gasteiger charge is -2.05. The summed E-state index contributed by atoms with van der Waals surface area (Å²) in [6, 6.07) is 7.68. The van der Waals surface area contributed by atoms with Crippen molar-refractivity contribution < 1.29 is 4.74 Å². The molecule has 1 N–H and O–H groups in total. The van der Waals surface area contributed by atoms with Crippen molar-refractivity contribution in [2.24, 2.45) is 0 Å². The molecule has 0 bridgehead atoms. The maximum Gasteiger partial charge on any atom is 0.165 e. The molecule has 5 heteroatoms. The average molecular weight is 245 g/mol. The van der Waals surface area contributed by atoms with E-state index in [1.54, 1.807) is 37.3 Å². The highest BCUT2D eigenvalue weighted by Crippen LogP contribution is 2.24. The molecular weight excluding hydrogens is 234 g/mol. The van der Waals surface area contributed by atoms with Crippen LogP contribution in [0.2, 0.25) is 0 Å². The number of methoxy groups -OCH3 is 1. The predicted molar refractivity (Wildman–Crippen MR) is 65.9 cm³/mol. The van der Waals surface area contributed by atoms with Crippen molar-refractivity contribution in [2.45, 2.75) is 10.9 Å². The maximum absolute atomic E-state index is 8.87. The summed E-state index contributed by atoms with van der Waals surface area (Å²) < 4.78 is 5.16. The van der Waals surface area contributed by atoms with Gasteiger partial charge in [0, 0.05) is 18.1 Å². The second kappa shape index (κ2) is 5.41. The van der Waals surface area contributed by atoms with Gasteiger partial charge in [-0.3, -0.25) is 0 Å². The number of rotatable bonds is 4. The summed E-state index contributed by atoms with van der Waals surface area (Å²) >= 11 is 1.61. The number of nitrogens with zero attached hydrogens (tertiary/aromatic N) is 2. The standard InChI is InChI=1S/C12H11N3OS/c1-16-11-6-9(2-3-10(11)7-13)8-17-12-14-4-5-15-12/h2-6H,8H2,1H3,(H,14,15). The molecule has 0 unspecified atom stereocenters. The Bertz CT molecular complexity index is 531. The largest absolute Gasteiger partial charge is 0.495 e. The van der Waals surface area contributed by atoms with Gasteiger partial charge in [0.25, 0.3) is 0 Å². The highest BCUT2D eigenvalue weighted by atomic mass is 32.2. The molecule has 4 nitrogen and oxygen atoms in total. The Kier molecular flexibility index (Phi) is 3.68. The number of H-pyrrole nitrogens is 1. The number of imidazole rings is 1. The predicted octanol–water partition coefficient (Wildman–Crippen LogP) is 2.58. The molecule has 1 heterocycles. The van der Waals surface area contributed by atoms with Gasteiger partial charge in [0.15, 0.2) is 5.16 Å². The molecule has 0 saturated carbocycles. The van der Waals surface area contributed by atoms with Crippen LogP contribution in [0.3, 0.4) is 0 Å². The lowest BCUT2D eigenvalue weighted by atomic mass is 10.1. The molecule has 0 radical (unpaired) electrons. The highest BCUT2D eigenvalue weighted by molar-refractivity contribution is 7.98. The fourth-order valence-electron chi connectivity index (χ4n) is 1.40. The van der Waals surface area contributed by atoms with Gasteiger partial charge in [0.1, 0.15) is 11.8 Å². The lowest BCUT2D eigenvalue weighted by molar-refractivity contribution is 0.413. The number of ether oxygens (including phenoxy) is 1. The number of benzene rings is 1. The molecule has 2 rings (SSSR count). The van der Waals surface area contributed by atoms with Crippen LogP contribution < -0.4 is 4.74 Å². The van der Waals surface area contributed by atoms with Crippen LogP contribution in [0.5, 0.6) is 5.75 Å². The van der Waals surface area contributed by atoms with E-state index in [4.69, 9.17) is 10.00 Å². The summed E-state index contributed by atoms with van der Waals surface area (Å²) in [6.07, 6.45) is 3.52. The van der Waals surface area contributed by atoms with Crippen molar-refractivity contribution in [1.82, 2.24) is 9.97 Å². The molecule has 0 fully saturated rings. The Balaban J connectivity index is 2.09. The third kappa shape index (κ3) is 2.80. The van der Waals surface area contributed by atoms with E-state index in [1.807, 2.05) is 12.1 Å². The topological polar surface area (TPSA) is 61.7 Å². The highest BCUT2D eigenvalue weighted by Gasteiger charge is 2.04. The first-order valence-electron chi connectivity index (χ1n) is 5.02. The Morgan fingerprint density at radius 3 is 3.06 bits per heavy atom. The average Bonchev–Trinajstić information content (AvgIpc) is 2.89. The zero-order valence-electron chi connectivity index (χ0n) is 9.30. The van der Waals surface area contributed by atoms with Gasteiger partial charge in [-0.15, -0.1) is 0 Å². The van der Waals surface area contributed by atoms with Crippen molar-refractivity contribution in [3.05, 3.63) is 41.7 Å². The number of thioether (sulfide) groups is 1. The van der Waals surface area contributed by atoms with Crippen LogP contribution >= 0.6 is 11.8 Å². The second-order valence-electron chi connectivity index (χ2n) is 3.33. The quantitative estimate of drug-likeness (QED) is 0.841. The molecule has 0 aliphatic rings. The van der Waals surface area contributed by atoms with Gasteiger partial charge >= 0.3 is 0 Å². The van der Waals surface area contributed by atoms with Crippen LogP contribution in [-0.2, 0) is 5.75 Å². The summed E-state index contributed by atoms with van der Waals surface area (Å²) in [6.45, 7) is 0. The first kappa shape index (κ1) is 11.6. The molecule has 1 aromatic carbocycles. The lowest BCUT2D eigenvalue weighted by Crippen LogP contribution is -1.90. The fourth-order valence-corrected chi connectivity index (χ4v) is 2.17. The summed E-state index contributed by atoms with van der Waals surface area (Å²) in [7, 11) is 1.57. The Labute approximate surface area is 104 Å². The molecule has 0 atom stereocenters. The Hall–Kier alpha value is -1.93. The van der Waals surface area contributed by atoms with E-state index < -0.39 is 0 Å². The van der Waals surface area contributed by atoms with Crippen LogP contribution in [0.15, 0.2) is 35.7 Å². The molecule has 0 aliphatic heterocycles. The Morgan fingerprint density at radius 1 is 1.53 bits per heavy atom. The summed E-state index contributed by atoms with van der Waals surface area (Å²) in [5.41, 5.74) is 1.65. The number of nitriles is 1. The zero-order valence-corrected chi connectivity index (χ0v) is 10.1. The Morgan fingerprint density at radius 2 is 2.41 bits per heavy atom. The number of aromatic amines is 1. The second-order valence-corrected chi connectivity index (χ2v) is 4.29. The SMILES string of the molecule is COc1cc(CSc2ncc[nH]2)ccc1C#N. The van der Waals surface area contributed by atoms with Crippen LogP contribution in [-0.4, -0.2) is 17.1 Å². The van der Waals surface area contributed by atoms with Crippen molar-refractivity contribution in [1.29, 1.82) is 5.26 Å². The van der Waals surface area contributed by atoms with E-state index in [1.165, 1.54) is 0 Å². The van der Waals surface area contributed by atoms with Crippen molar-refractivity contribution >= 4 is 11.8 Å². The molecular formula is C12H11N3OS. The molecule has 0 aliphatic carbocycles. The first-order valence-corrected chi connectivity index (χ1v) is 6.01. The van der Waals surface area contributed by atoms with Crippen molar-refractivity contribution in [2.75, 3.05) is 7.11 Å². The fraction of sp³-hybridized carbons (Fsp3) is 0.167. The molecule has 0 spiro atoms. The van der Waals surface area contributed by atoms with E-state index in [0.29, 0.717) is 11.3 Å². The third-order valence-electron chi connectivity index (χ3n) is 2.24. The van der Waals surface area contributed by atoms with Gasteiger partial charge in [-0.1, -0.05) is 17.8 Å². The van der Waals surface area contributed by atoms with Crippen molar-refractivity contribution in [3.8, 4) is 11.8 Å². The van der Waals surface area contributed by atoms with Gasteiger partial charge in [-0.05, 0) is 17.7 Å². The van der Waals surface area contributed by atoms with E-state index in [-0.39, 0.29) is 0 Å². The zero-order chi connectivity index (χ0) is 12.1. The summed E-state index contributed by atoms with van der Waals surface area (Å²) in [5, 5.41) is 9.75. The van der Waals surface area contributed by atoms with Crippen LogP contribution in [0.1, 0.15) is 11.1 Å². The minimum Gasteiger partial charge on any atom is -0.495 e.